The van der Waals surface area contributed by atoms with Crippen LogP contribution in [0.2, 0.25) is 5.02 Å². The van der Waals surface area contributed by atoms with Crippen LogP contribution < -0.4 is 0 Å². The molecular formula is C23H25ClN4O3. The number of aromatic nitrogens is 2. The second-order valence-corrected chi connectivity index (χ2v) is 7.76. The Kier molecular flexibility index (Phi) is 7.41. The summed E-state index contributed by atoms with van der Waals surface area (Å²) in [6.45, 7) is 3.00. The summed E-state index contributed by atoms with van der Waals surface area (Å²) in [5.41, 5.74) is 2.39. The lowest BCUT2D eigenvalue weighted by Gasteiger charge is -2.21. The molecule has 3 aromatic rings. The molecule has 0 unspecified atom stereocenters. The van der Waals surface area contributed by atoms with Crippen molar-refractivity contribution in [2.75, 3.05) is 20.6 Å². The summed E-state index contributed by atoms with van der Waals surface area (Å²) in [7, 11) is 3.44. The summed E-state index contributed by atoms with van der Waals surface area (Å²) in [4.78, 5) is 32.4. The number of benzene rings is 2. The Bertz CT molecular complexity index is 1030. The summed E-state index contributed by atoms with van der Waals surface area (Å²) in [6, 6.07) is 14.5. The molecule has 2 aromatic carbocycles. The van der Waals surface area contributed by atoms with Crippen LogP contribution >= 0.6 is 11.6 Å². The number of hydrogen-bond acceptors (Lipinski definition) is 5. The largest absolute Gasteiger partial charge is 0.345 e. The minimum atomic E-state index is -0.0486. The van der Waals surface area contributed by atoms with E-state index in [4.69, 9.17) is 16.1 Å². The summed E-state index contributed by atoms with van der Waals surface area (Å²) < 4.78 is 5.29. The Morgan fingerprint density at radius 2 is 1.71 bits per heavy atom. The molecule has 0 bridgehead atoms. The lowest BCUT2D eigenvalue weighted by molar-refractivity contribution is -0.131. The van der Waals surface area contributed by atoms with Crippen molar-refractivity contribution in [2.24, 2.45) is 0 Å². The molecular weight excluding hydrogens is 416 g/mol. The summed E-state index contributed by atoms with van der Waals surface area (Å²) >= 11 is 5.90. The first-order valence-electron chi connectivity index (χ1n) is 10.0. The number of carbonyl (C=O) groups excluding carboxylic acids is 2. The molecule has 0 aliphatic heterocycles. The second-order valence-electron chi connectivity index (χ2n) is 7.32. The molecule has 0 spiro atoms. The zero-order valence-electron chi connectivity index (χ0n) is 17.8. The fourth-order valence-electron chi connectivity index (χ4n) is 3.05. The van der Waals surface area contributed by atoms with E-state index >= 15 is 0 Å². The monoisotopic (exact) mass is 440 g/mol. The van der Waals surface area contributed by atoms with E-state index in [1.165, 1.54) is 4.90 Å². The highest BCUT2D eigenvalue weighted by Crippen LogP contribution is 2.19. The van der Waals surface area contributed by atoms with Gasteiger partial charge in [-0.3, -0.25) is 9.59 Å². The molecule has 0 saturated heterocycles. The predicted octanol–water partition coefficient (Wildman–Crippen LogP) is 4.07. The van der Waals surface area contributed by atoms with Crippen LogP contribution in [0.15, 0.2) is 53.1 Å². The Balaban J connectivity index is 1.56. The van der Waals surface area contributed by atoms with Gasteiger partial charge in [-0.05, 0) is 48.9 Å². The topological polar surface area (TPSA) is 79.5 Å². The number of rotatable bonds is 8. The first-order valence-corrected chi connectivity index (χ1v) is 10.4. The normalized spacial score (nSPS) is 10.7. The van der Waals surface area contributed by atoms with E-state index in [-0.39, 0.29) is 18.2 Å². The molecule has 0 fully saturated rings. The van der Waals surface area contributed by atoms with Gasteiger partial charge in [0, 0.05) is 56.2 Å². The summed E-state index contributed by atoms with van der Waals surface area (Å²) in [6.07, 6.45) is 0.638. The number of amides is 2. The maximum atomic E-state index is 12.7. The first kappa shape index (κ1) is 22.5. The number of carbonyl (C=O) groups is 2. The average molecular weight is 441 g/mol. The fraction of sp³-hybridized carbons (Fsp3) is 0.304. The molecule has 0 radical (unpaired) electrons. The van der Waals surface area contributed by atoms with Crippen molar-refractivity contribution < 1.29 is 14.1 Å². The van der Waals surface area contributed by atoms with E-state index in [1.54, 1.807) is 43.3 Å². The van der Waals surface area contributed by atoms with Gasteiger partial charge in [-0.15, -0.1) is 0 Å². The zero-order chi connectivity index (χ0) is 22.4. The SMILES string of the molecule is CCN(Cc1ccc(C(=O)N(C)C)cc1)C(=O)CCc1nc(-c2ccc(Cl)cc2)no1. The van der Waals surface area contributed by atoms with Gasteiger partial charge in [-0.25, -0.2) is 0 Å². The van der Waals surface area contributed by atoms with E-state index in [0.29, 0.717) is 41.8 Å². The van der Waals surface area contributed by atoms with Gasteiger partial charge in [0.25, 0.3) is 5.91 Å². The molecule has 0 aliphatic rings. The lowest BCUT2D eigenvalue weighted by atomic mass is 10.1. The molecule has 0 N–H and O–H groups in total. The van der Waals surface area contributed by atoms with E-state index in [1.807, 2.05) is 31.2 Å². The van der Waals surface area contributed by atoms with Gasteiger partial charge in [0.1, 0.15) is 0 Å². The van der Waals surface area contributed by atoms with Gasteiger partial charge >= 0.3 is 0 Å². The average Bonchev–Trinajstić information content (AvgIpc) is 3.25. The van der Waals surface area contributed by atoms with Gasteiger partial charge in [0.15, 0.2) is 0 Å². The third-order valence-electron chi connectivity index (χ3n) is 4.84. The highest BCUT2D eigenvalue weighted by molar-refractivity contribution is 6.30. The van der Waals surface area contributed by atoms with Crippen LogP contribution in [-0.4, -0.2) is 52.4 Å². The van der Waals surface area contributed by atoms with E-state index < -0.39 is 0 Å². The van der Waals surface area contributed by atoms with Crippen LogP contribution in [0.4, 0.5) is 0 Å². The molecule has 0 atom stereocenters. The molecule has 1 aromatic heterocycles. The number of hydrogen-bond donors (Lipinski definition) is 0. The molecule has 8 heteroatoms. The van der Waals surface area contributed by atoms with Crippen LogP contribution in [-0.2, 0) is 17.8 Å². The zero-order valence-corrected chi connectivity index (χ0v) is 18.6. The van der Waals surface area contributed by atoms with Gasteiger partial charge < -0.3 is 14.3 Å². The van der Waals surface area contributed by atoms with Crippen molar-refractivity contribution in [2.45, 2.75) is 26.3 Å². The third kappa shape index (κ3) is 5.92. The fourth-order valence-corrected chi connectivity index (χ4v) is 3.18. The summed E-state index contributed by atoms with van der Waals surface area (Å²) in [5.74, 6) is 0.842. The Morgan fingerprint density at radius 3 is 2.32 bits per heavy atom. The van der Waals surface area contributed by atoms with Gasteiger partial charge in [-0.1, -0.05) is 28.9 Å². The van der Waals surface area contributed by atoms with Crippen LogP contribution in [0.1, 0.15) is 35.2 Å². The van der Waals surface area contributed by atoms with E-state index in [2.05, 4.69) is 10.1 Å². The smallest absolute Gasteiger partial charge is 0.253 e. The van der Waals surface area contributed by atoms with Crippen molar-refractivity contribution in [1.29, 1.82) is 0 Å². The standard InChI is InChI=1S/C23H25ClN4O3/c1-4-28(15-16-5-7-18(8-6-16)23(30)27(2)3)21(29)14-13-20-25-22(26-31-20)17-9-11-19(24)12-10-17/h5-12H,4,13-15H2,1-3H3. The molecule has 162 valence electrons. The molecule has 3 rings (SSSR count). The Hall–Kier alpha value is -3.19. The highest BCUT2D eigenvalue weighted by atomic mass is 35.5. The first-order chi connectivity index (χ1) is 14.9. The lowest BCUT2D eigenvalue weighted by Crippen LogP contribution is -2.30. The van der Waals surface area contributed by atoms with Gasteiger partial charge in [0.05, 0.1) is 0 Å². The second kappa shape index (κ2) is 10.2. The van der Waals surface area contributed by atoms with Crippen molar-refractivity contribution in [1.82, 2.24) is 19.9 Å². The Morgan fingerprint density at radius 1 is 1.03 bits per heavy atom. The molecule has 0 saturated carbocycles. The van der Waals surface area contributed by atoms with Crippen molar-refractivity contribution in [3.63, 3.8) is 0 Å². The molecule has 2 amide bonds. The minimum Gasteiger partial charge on any atom is -0.345 e. The molecule has 0 aliphatic carbocycles. The van der Waals surface area contributed by atoms with Crippen LogP contribution in [0.5, 0.6) is 0 Å². The summed E-state index contributed by atoms with van der Waals surface area (Å²) in [5, 5.41) is 4.61. The molecule has 31 heavy (non-hydrogen) atoms. The maximum absolute atomic E-state index is 12.7. The van der Waals surface area contributed by atoms with Crippen LogP contribution in [0.3, 0.4) is 0 Å². The van der Waals surface area contributed by atoms with Crippen LogP contribution in [0, 0.1) is 0 Å². The number of halogens is 1. The van der Waals surface area contributed by atoms with Crippen molar-refractivity contribution in [3.05, 3.63) is 70.6 Å². The van der Waals surface area contributed by atoms with E-state index in [9.17, 15) is 9.59 Å². The highest BCUT2D eigenvalue weighted by Gasteiger charge is 2.16. The molecule has 7 nitrogen and oxygen atoms in total. The minimum absolute atomic E-state index is 0.00203. The molecule has 1 heterocycles. The van der Waals surface area contributed by atoms with Crippen LogP contribution in [0.25, 0.3) is 11.4 Å². The van der Waals surface area contributed by atoms with Gasteiger partial charge in [0.2, 0.25) is 17.6 Å². The number of nitrogens with zero attached hydrogens (tertiary/aromatic N) is 4. The third-order valence-corrected chi connectivity index (χ3v) is 5.09. The van der Waals surface area contributed by atoms with Crippen molar-refractivity contribution >= 4 is 23.4 Å². The quantitative estimate of drug-likeness (QED) is 0.527. The Labute approximate surface area is 186 Å². The van der Waals surface area contributed by atoms with Gasteiger partial charge in [-0.2, -0.15) is 4.98 Å². The predicted molar refractivity (Wildman–Crippen MR) is 119 cm³/mol. The number of aryl methyl sites for hydroxylation is 1. The maximum Gasteiger partial charge on any atom is 0.253 e. The van der Waals surface area contributed by atoms with Crippen molar-refractivity contribution in [3.8, 4) is 11.4 Å². The van der Waals surface area contributed by atoms with E-state index in [0.717, 1.165) is 11.1 Å².